The fourth-order valence-electron chi connectivity index (χ4n) is 5.21. The van der Waals surface area contributed by atoms with Gasteiger partial charge < -0.3 is 14.2 Å². The summed E-state index contributed by atoms with van der Waals surface area (Å²) < 4.78 is 31.5. The van der Waals surface area contributed by atoms with Crippen molar-refractivity contribution < 1.29 is 33.0 Å². The monoisotopic (exact) mass is 604 g/mol. The first kappa shape index (κ1) is 29.5. The van der Waals surface area contributed by atoms with Crippen LogP contribution in [0.3, 0.4) is 0 Å². The molecule has 2 heterocycles. The highest BCUT2D eigenvalue weighted by atomic mass is 19.1. The van der Waals surface area contributed by atoms with Gasteiger partial charge in [-0.3, -0.25) is 19.5 Å². The quantitative estimate of drug-likeness (QED) is 0.107. The molecule has 45 heavy (non-hydrogen) atoms. The molecule has 0 unspecified atom stereocenters. The molecule has 0 saturated carbocycles. The summed E-state index contributed by atoms with van der Waals surface area (Å²) in [6.07, 6.45) is -0.211. The Balaban J connectivity index is 1.55. The van der Waals surface area contributed by atoms with Crippen molar-refractivity contribution in [3.63, 3.8) is 0 Å². The topological polar surface area (TPSA) is 95.0 Å². The van der Waals surface area contributed by atoms with Crippen LogP contribution in [0.15, 0.2) is 103 Å². The van der Waals surface area contributed by atoms with E-state index in [0.29, 0.717) is 5.56 Å². The second kappa shape index (κ2) is 11.8. The number of nitrogens with zero attached hydrogens (tertiary/aromatic N) is 2. The summed E-state index contributed by atoms with van der Waals surface area (Å²) in [6, 6.07) is 27.7. The van der Waals surface area contributed by atoms with Gasteiger partial charge in [-0.1, -0.05) is 72.8 Å². The molecule has 1 aliphatic heterocycles. The van der Waals surface area contributed by atoms with Crippen LogP contribution in [0.5, 0.6) is 11.5 Å². The average molecular weight is 605 g/mol. The lowest BCUT2D eigenvalue weighted by atomic mass is 9.99. The minimum Gasteiger partial charge on any atom is -0.478 e. The van der Waals surface area contributed by atoms with Gasteiger partial charge in [-0.15, -0.1) is 0 Å². The number of rotatable bonds is 7. The molecular formula is C36H29FN2O6. The van der Waals surface area contributed by atoms with Crippen molar-refractivity contribution in [2.24, 2.45) is 0 Å². The number of carbonyl (C=O) groups is 3. The largest absolute Gasteiger partial charge is 0.514 e. The molecule has 1 aromatic heterocycles. The highest BCUT2D eigenvalue weighted by Gasteiger charge is 2.44. The van der Waals surface area contributed by atoms with Crippen LogP contribution in [-0.2, 0) is 11.3 Å². The third-order valence-electron chi connectivity index (χ3n) is 7.16. The van der Waals surface area contributed by atoms with Gasteiger partial charge in [0.1, 0.15) is 34.2 Å². The summed E-state index contributed by atoms with van der Waals surface area (Å²) in [4.78, 5) is 46.8. The van der Waals surface area contributed by atoms with Crippen LogP contribution in [0.4, 0.5) is 9.18 Å². The second-order valence-electron chi connectivity index (χ2n) is 11.5. The SMILES string of the molecule is CC(C)(C)OC(=O)Oc1c2c(c(OC(c3ccccc3)c3ccccc3)c3ncccc13)C(=O)N(Cc1ccc(F)cc1)C2=O. The van der Waals surface area contributed by atoms with Crippen LogP contribution in [0.1, 0.15) is 64.3 Å². The van der Waals surface area contributed by atoms with E-state index in [2.05, 4.69) is 4.98 Å². The predicted octanol–water partition coefficient (Wildman–Crippen LogP) is 7.65. The summed E-state index contributed by atoms with van der Waals surface area (Å²) in [5.41, 5.74) is 1.22. The van der Waals surface area contributed by atoms with Crippen LogP contribution in [-0.4, -0.2) is 33.5 Å². The number of fused-ring (bicyclic) bond motifs is 2. The molecule has 6 rings (SSSR count). The highest BCUT2D eigenvalue weighted by Crippen LogP contribution is 2.46. The van der Waals surface area contributed by atoms with E-state index in [1.165, 1.54) is 30.5 Å². The highest BCUT2D eigenvalue weighted by molar-refractivity contribution is 6.27. The Morgan fingerprint density at radius 3 is 1.96 bits per heavy atom. The van der Waals surface area contributed by atoms with E-state index in [9.17, 15) is 18.8 Å². The summed E-state index contributed by atoms with van der Waals surface area (Å²) in [5, 5.41) is 0.279. The standard InChI is InChI=1S/C36H29FN2O6/c1-36(2,3)45-35(42)44-31-26-15-10-20-38-29(26)32(43-30(23-11-6-4-7-12-23)24-13-8-5-9-14-24)28-27(31)33(40)39(34(28)41)21-22-16-18-25(37)19-17-22/h4-20,30H,21H2,1-3H3. The minimum atomic E-state index is -1.05. The number of carbonyl (C=O) groups excluding carboxylic acids is 3. The molecule has 0 radical (unpaired) electrons. The minimum absolute atomic E-state index is 0.0646. The molecule has 4 aromatic carbocycles. The van der Waals surface area contributed by atoms with E-state index in [-0.39, 0.29) is 40.1 Å². The Kier molecular flexibility index (Phi) is 7.76. The molecule has 9 heteroatoms. The van der Waals surface area contributed by atoms with Gasteiger partial charge in [-0.2, -0.15) is 0 Å². The van der Waals surface area contributed by atoms with E-state index < -0.39 is 35.5 Å². The van der Waals surface area contributed by atoms with E-state index >= 15 is 0 Å². The number of ether oxygens (including phenoxy) is 3. The maximum Gasteiger partial charge on any atom is 0.514 e. The second-order valence-corrected chi connectivity index (χ2v) is 11.5. The van der Waals surface area contributed by atoms with Gasteiger partial charge in [-0.25, -0.2) is 9.18 Å². The maximum absolute atomic E-state index is 14.2. The lowest BCUT2D eigenvalue weighted by Crippen LogP contribution is -2.29. The van der Waals surface area contributed by atoms with Crippen molar-refractivity contribution in [1.29, 1.82) is 0 Å². The van der Waals surface area contributed by atoms with Gasteiger partial charge in [0.15, 0.2) is 11.5 Å². The van der Waals surface area contributed by atoms with E-state index in [1.807, 2.05) is 60.7 Å². The van der Waals surface area contributed by atoms with Crippen molar-refractivity contribution in [3.8, 4) is 11.5 Å². The van der Waals surface area contributed by atoms with Crippen LogP contribution in [0.25, 0.3) is 10.9 Å². The van der Waals surface area contributed by atoms with Crippen LogP contribution in [0, 0.1) is 5.82 Å². The third kappa shape index (κ3) is 5.97. The van der Waals surface area contributed by atoms with Crippen molar-refractivity contribution in [2.45, 2.75) is 39.0 Å². The van der Waals surface area contributed by atoms with Gasteiger partial charge in [-0.05, 0) is 61.7 Å². The summed E-state index contributed by atoms with van der Waals surface area (Å²) >= 11 is 0. The summed E-state index contributed by atoms with van der Waals surface area (Å²) in [7, 11) is 0. The zero-order chi connectivity index (χ0) is 31.7. The van der Waals surface area contributed by atoms with Crippen molar-refractivity contribution in [3.05, 3.63) is 137 Å². The number of hydrogen-bond donors (Lipinski definition) is 0. The maximum atomic E-state index is 14.2. The molecule has 8 nitrogen and oxygen atoms in total. The Labute approximate surface area is 259 Å². The Morgan fingerprint density at radius 2 is 1.38 bits per heavy atom. The molecule has 5 aromatic rings. The number of imide groups is 1. The first-order valence-corrected chi connectivity index (χ1v) is 14.3. The van der Waals surface area contributed by atoms with Gasteiger partial charge in [0, 0.05) is 11.6 Å². The summed E-state index contributed by atoms with van der Waals surface area (Å²) in [6.45, 7) is 4.90. The normalized spacial score (nSPS) is 12.9. The molecule has 0 N–H and O–H groups in total. The Hall–Kier alpha value is -5.57. The average Bonchev–Trinajstić information content (AvgIpc) is 3.27. The Morgan fingerprint density at radius 1 is 0.800 bits per heavy atom. The number of pyridine rings is 1. The van der Waals surface area contributed by atoms with Crippen molar-refractivity contribution in [2.75, 3.05) is 0 Å². The fourth-order valence-corrected chi connectivity index (χ4v) is 5.21. The predicted molar refractivity (Wildman–Crippen MR) is 165 cm³/mol. The molecule has 0 atom stereocenters. The van der Waals surface area contributed by atoms with Gasteiger partial charge in [0.25, 0.3) is 11.8 Å². The zero-order valence-electron chi connectivity index (χ0n) is 24.8. The van der Waals surface area contributed by atoms with E-state index in [1.54, 1.807) is 32.9 Å². The van der Waals surface area contributed by atoms with Crippen molar-refractivity contribution in [1.82, 2.24) is 9.88 Å². The smallest absolute Gasteiger partial charge is 0.478 e. The number of amides is 2. The first-order valence-electron chi connectivity index (χ1n) is 14.3. The molecule has 1 aliphatic rings. The molecule has 226 valence electrons. The van der Waals surface area contributed by atoms with E-state index in [0.717, 1.165) is 16.0 Å². The molecule has 2 amide bonds. The molecule has 0 saturated heterocycles. The fraction of sp³-hybridized carbons (Fsp3) is 0.167. The lowest BCUT2D eigenvalue weighted by molar-refractivity contribution is 0.0207. The first-order chi connectivity index (χ1) is 21.6. The molecule has 0 bridgehead atoms. The molecule has 0 spiro atoms. The zero-order valence-corrected chi connectivity index (χ0v) is 24.8. The van der Waals surface area contributed by atoms with Gasteiger partial charge in [0.2, 0.25) is 0 Å². The number of aromatic nitrogens is 1. The number of halogens is 1. The van der Waals surface area contributed by atoms with Gasteiger partial charge in [0.05, 0.1) is 6.54 Å². The Bertz CT molecular complexity index is 1870. The number of hydrogen-bond acceptors (Lipinski definition) is 7. The van der Waals surface area contributed by atoms with Crippen molar-refractivity contribution >= 4 is 28.9 Å². The van der Waals surface area contributed by atoms with E-state index in [4.69, 9.17) is 14.2 Å². The molecular weight excluding hydrogens is 575 g/mol. The van der Waals surface area contributed by atoms with Crippen LogP contribution >= 0.6 is 0 Å². The molecule has 0 fully saturated rings. The lowest BCUT2D eigenvalue weighted by Gasteiger charge is -2.23. The summed E-state index contributed by atoms with van der Waals surface area (Å²) in [5.74, 6) is -1.92. The van der Waals surface area contributed by atoms with Crippen LogP contribution < -0.4 is 9.47 Å². The number of benzene rings is 4. The third-order valence-corrected chi connectivity index (χ3v) is 7.16. The van der Waals surface area contributed by atoms with Gasteiger partial charge >= 0.3 is 6.16 Å². The molecule has 0 aliphatic carbocycles. The van der Waals surface area contributed by atoms with Crippen LogP contribution in [0.2, 0.25) is 0 Å².